The number of non-ortho nitro benzene ring substituents is 1. The average molecular weight is 529 g/mol. The summed E-state index contributed by atoms with van der Waals surface area (Å²) in [7, 11) is 1.56. The van der Waals surface area contributed by atoms with Crippen molar-refractivity contribution in [1.82, 2.24) is 9.97 Å². The van der Waals surface area contributed by atoms with Crippen molar-refractivity contribution in [2.45, 2.75) is 5.92 Å². The molecule has 1 aromatic heterocycles. The number of hydrogen-bond donors (Lipinski definition) is 3. The van der Waals surface area contributed by atoms with Gasteiger partial charge in [0.25, 0.3) is 11.2 Å². The lowest BCUT2D eigenvalue weighted by atomic mass is 9.84. The van der Waals surface area contributed by atoms with Crippen LogP contribution in [0.5, 0.6) is 11.6 Å². The van der Waals surface area contributed by atoms with Crippen LogP contribution in [0.2, 0.25) is 0 Å². The molecule has 178 valence electrons. The Labute approximate surface area is 206 Å². The van der Waals surface area contributed by atoms with Gasteiger partial charge in [0.2, 0.25) is 11.8 Å². The van der Waals surface area contributed by atoms with Crippen LogP contribution in [0.25, 0.3) is 0 Å². The topological polar surface area (TPSA) is 166 Å². The van der Waals surface area contributed by atoms with Gasteiger partial charge in [-0.05, 0) is 41.2 Å². The SMILES string of the molecule is COc1ccc(P2(=S)N=C3Oc4[nH]c(=O)[nH]c(=O)c4C(c4ccc([N+](=O)[O-])cc4)C3=C(N)S2)cc1. The number of fused-ring (bicyclic) bond motifs is 2. The van der Waals surface area contributed by atoms with Gasteiger partial charge in [-0.1, -0.05) is 23.9 Å². The molecule has 3 aromatic rings. The highest BCUT2D eigenvalue weighted by Crippen LogP contribution is 2.65. The van der Waals surface area contributed by atoms with Gasteiger partial charge >= 0.3 is 5.69 Å². The number of aromatic amines is 2. The maximum Gasteiger partial charge on any atom is 0.328 e. The van der Waals surface area contributed by atoms with E-state index in [1.165, 1.54) is 35.6 Å². The van der Waals surface area contributed by atoms with Gasteiger partial charge < -0.3 is 15.2 Å². The largest absolute Gasteiger partial charge is 0.497 e. The predicted octanol–water partition coefficient (Wildman–Crippen LogP) is 2.45. The number of aromatic nitrogens is 2. The summed E-state index contributed by atoms with van der Waals surface area (Å²) in [5, 5.41) is 9.49. The molecule has 4 N–H and O–H groups in total. The molecule has 2 unspecified atom stereocenters. The number of methoxy groups -OCH3 is 1. The normalized spacial score (nSPS) is 20.8. The zero-order chi connectivity index (χ0) is 24.9. The van der Waals surface area contributed by atoms with Crippen LogP contribution in [0.3, 0.4) is 0 Å². The Hall–Kier alpha value is -3.67. The van der Waals surface area contributed by atoms with Gasteiger partial charge in [0.05, 0.1) is 34.1 Å². The first-order chi connectivity index (χ1) is 16.7. The molecule has 0 radical (unpaired) electrons. The van der Waals surface area contributed by atoms with E-state index in [2.05, 4.69) is 9.97 Å². The number of benzene rings is 2. The maximum absolute atomic E-state index is 12.8. The second-order valence-corrected chi connectivity index (χ2v) is 14.3. The van der Waals surface area contributed by atoms with Gasteiger partial charge in [0.15, 0.2) is 0 Å². The summed E-state index contributed by atoms with van der Waals surface area (Å²) in [6, 6.07) is 12.9. The molecule has 11 nitrogen and oxygen atoms in total. The lowest BCUT2D eigenvalue weighted by Gasteiger charge is -2.33. The average Bonchev–Trinajstić information content (AvgIpc) is 2.82. The number of ether oxygens (including phenoxy) is 2. The van der Waals surface area contributed by atoms with Gasteiger partial charge in [-0.25, -0.2) is 9.56 Å². The quantitative estimate of drug-likeness (QED) is 0.261. The fourth-order valence-corrected chi connectivity index (χ4v) is 9.06. The molecule has 0 spiro atoms. The lowest BCUT2D eigenvalue weighted by molar-refractivity contribution is -0.384. The first-order valence-electron chi connectivity index (χ1n) is 10.0. The van der Waals surface area contributed by atoms with Crippen LogP contribution in [0.4, 0.5) is 5.69 Å². The highest BCUT2D eigenvalue weighted by atomic mass is 32.9. The molecular weight excluding hydrogens is 513 g/mol. The minimum absolute atomic E-state index is 0.0828. The number of nitrogens with zero attached hydrogens (tertiary/aromatic N) is 2. The maximum atomic E-state index is 12.8. The Morgan fingerprint density at radius 1 is 1.17 bits per heavy atom. The molecule has 2 aliphatic heterocycles. The van der Waals surface area contributed by atoms with E-state index < -0.39 is 27.5 Å². The molecule has 35 heavy (non-hydrogen) atoms. The van der Waals surface area contributed by atoms with Crippen LogP contribution < -0.4 is 31.8 Å². The van der Waals surface area contributed by atoms with Crippen molar-refractivity contribution in [3.8, 4) is 11.6 Å². The minimum atomic E-state index is -2.71. The first kappa shape index (κ1) is 23.1. The van der Waals surface area contributed by atoms with E-state index in [9.17, 15) is 19.7 Å². The van der Waals surface area contributed by atoms with Crippen LogP contribution in [0.1, 0.15) is 17.0 Å². The van der Waals surface area contributed by atoms with Crippen molar-refractivity contribution in [2.24, 2.45) is 10.5 Å². The lowest BCUT2D eigenvalue weighted by Crippen LogP contribution is -2.37. The van der Waals surface area contributed by atoms with E-state index >= 15 is 0 Å². The van der Waals surface area contributed by atoms with Gasteiger partial charge in [-0.3, -0.25) is 24.9 Å². The second-order valence-electron chi connectivity index (χ2n) is 7.53. The molecule has 14 heteroatoms. The number of nitro groups is 1. The summed E-state index contributed by atoms with van der Waals surface area (Å²) in [5.74, 6) is -0.129. The second kappa shape index (κ2) is 8.52. The van der Waals surface area contributed by atoms with Crippen molar-refractivity contribution in [2.75, 3.05) is 7.11 Å². The zero-order valence-corrected chi connectivity index (χ0v) is 20.4. The van der Waals surface area contributed by atoms with Crippen LogP contribution in [0, 0.1) is 10.1 Å². The smallest absolute Gasteiger partial charge is 0.328 e. The van der Waals surface area contributed by atoms with Crippen molar-refractivity contribution < 1.29 is 14.4 Å². The molecule has 0 saturated carbocycles. The van der Waals surface area contributed by atoms with E-state index in [-0.39, 0.29) is 23.0 Å². The minimum Gasteiger partial charge on any atom is -0.497 e. The molecule has 2 aromatic carbocycles. The van der Waals surface area contributed by atoms with Gasteiger partial charge in [0, 0.05) is 17.4 Å². The Morgan fingerprint density at radius 3 is 2.49 bits per heavy atom. The third-order valence-corrected chi connectivity index (χ3v) is 11.3. The highest BCUT2D eigenvalue weighted by molar-refractivity contribution is 8.74. The number of nitrogens with two attached hydrogens (primary N) is 1. The molecule has 2 aliphatic rings. The number of hydrogen-bond acceptors (Lipinski definition) is 9. The van der Waals surface area contributed by atoms with Crippen LogP contribution in [-0.4, -0.2) is 27.9 Å². The van der Waals surface area contributed by atoms with E-state index in [4.69, 9.17) is 31.8 Å². The van der Waals surface area contributed by atoms with E-state index in [0.717, 1.165) is 5.30 Å². The summed E-state index contributed by atoms with van der Waals surface area (Å²) >= 11 is 7.15. The number of rotatable bonds is 4. The molecule has 5 rings (SSSR count). The van der Waals surface area contributed by atoms with Crippen molar-refractivity contribution in [3.05, 3.63) is 101 Å². The van der Waals surface area contributed by atoms with Crippen LogP contribution in [-0.2, 0) is 11.8 Å². The molecule has 0 saturated heterocycles. The van der Waals surface area contributed by atoms with E-state index in [0.29, 0.717) is 21.9 Å². The van der Waals surface area contributed by atoms with Crippen molar-refractivity contribution in [3.63, 3.8) is 0 Å². The Bertz CT molecular complexity index is 1590. The summed E-state index contributed by atoms with van der Waals surface area (Å²) in [5.41, 5.74) is 6.04. The zero-order valence-electron chi connectivity index (χ0n) is 17.9. The molecule has 2 atom stereocenters. The van der Waals surface area contributed by atoms with Gasteiger partial charge in [-0.15, -0.1) is 0 Å². The van der Waals surface area contributed by atoms with Gasteiger partial charge in [-0.2, -0.15) is 0 Å². The number of nitro benzene ring substituents is 1. The molecule has 0 aliphatic carbocycles. The van der Waals surface area contributed by atoms with Crippen LogP contribution >= 0.6 is 16.8 Å². The molecule has 0 amide bonds. The first-order valence-corrected chi connectivity index (χ1v) is 14.2. The fraction of sp³-hybridized carbons (Fsp3) is 0.0952. The van der Waals surface area contributed by atoms with Crippen LogP contribution in [0.15, 0.2) is 73.5 Å². The Balaban J connectivity index is 1.70. The number of H-pyrrole nitrogens is 2. The third kappa shape index (κ3) is 3.97. The van der Waals surface area contributed by atoms with Crippen molar-refractivity contribution in [1.29, 1.82) is 0 Å². The molecule has 3 heterocycles. The Morgan fingerprint density at radius 2 is 1.86 bits per heavy atom. The monoisotopic (exact) mass is 529 g/mol. The van der Waals surface area contributed by atoms with E-state index in [1.807, 2.05) is 12.1 Å². The summed E-state index contributed by atoms with van der Waals surface area (Å²) in [4.78, 5) is 40.1. The molecule has 0 bridgehead atoms. The molecular formula is C21H16N5O6PS2. The summed E-state index contributed by atoms with van der Waals surface area (Å²) in [6.45, 7) is 0. The highest BCUT2D eigenvalue weighted by Gasteiger charge is 2.42. The standard InChI is InChI=1S/C21H16N5O6PS2/c1-31-12-6-8-13(9-7-12)33(34)25-20-15(17(22)35-33)14(10-2-4-11(5-3-10)26(29)30)16-18(27)23-21(28)24-19(16)32-20/h2-9,14H,22H2,1H3,(H2,23,24,27,28). The summed E-state index contributed by atoms with van der Waals surface area (Å²) in [6.07, 6.45) is 0. The fourth-order valence-electron chi connectivity index (χ4n) is 3.88. The molecule has 0 fully saturated rings. The van der Waals surface area contributed by atoms with E-state index in [1.54, 1.807) is 19.2 Å². The Kier molecular flexibility index (Phi) is 5.62. The summed E-state index contributed by atoms with van der Waals surface area (Å²) < 4.78 is 15.9. The predicted molar refractivity (Wildman–Crippen MR) is 136 cm³/mol. The van der Waals surface area contributed by atoms with Gasteiger partial charge in [0.1, 0.15) is 11.1 Å². The third-order valence-electron chi connectivity index (χ3n) is 5.50. The van der Waals surface area contributed by atoms with Crippen molar-refractivity contribution >= 4 is 45.5 Å². The number of nitrogens with one attached hydrogen (secondary N) is 2.